The van der Waals surface area contributed by atoms with Crippen LogP contribution in [0.25, 0.3) is 5.65 Å². The topological polar surface area (TPSA) is 80.5 Å². The Kier molecular flexibility index (Phi) is 6.06. The van der Waals surface area contributed by atoms with Crippen LogP contribution < -0.4 is 5.32 Å². The summed E-state index contributed by atoms with van der Waals surface area (Å²) in [7, 11) is -4.22. The van der Waals surface area contributed by atoms with Gasteiger partial charge in [0.1, 0.15) is 17.2 Å². The molecular formula is C21H16F7N3O3S. The highest BCUT2D eigenvalue weighted by Gasteiger charge is 2.41. The van der Waals surface area contributed by atoms with Crippen LogP contribution in [0.4, 0.5) is 30.7 Å². The van der Waals surface area contributed by atoms with Gasteiger partial charge in [-0.15, -0.1) is 0 Å². The zero-order valence-corrected chi connectivity index (χ0v) is 18.3. The van der Waals surface area contributed by atoms with Crippen LogP contribution in [0.3, 0.4) is 0 Å². The minimum Gasteiger partial charge on any atom is -0.350 e. The summed E-state index contributed by atoms with van der Waals surface area (Å²) in [5, 5.41) is 1.48. The molecule has 0 aliphatic heterocycles. The second-order valence-electron chi connectivity index (χ2n) is 8.19. The standard InChI is InChI=1S/C21H16F7N3O3S/c22-14-5-13(21(26,27)28)6-16(7-14)35(33,34)15-3-11(4-15)8-29-19(32)17-10-31-9-12(20(23,24)25)1-2-18(31)30-17/h1-2,5-7,9-11,15H,3-4,8H2,(H,29,32)/t11-,15-. The second kappa shape index (κ2) is 8.50. The number of alkyl halides is 6. The number of hydrogen-bond donors (Lipinski definition) is 1. The highest BCUT2D eigenvalue weighted by molar-refractivity contribution is 7.92. The highest BCUT2D eigenvalue weighted by atomic mass is 32.2. The maximum absolute atomic E-state index is 13.6. The van der Waals surface area contributed by atoms with Gasteiger partial charge in [0, 0.05) is 18.9 Å². The number of halogens is 7. The number of pyridine rings is 1. The van der Waals surface area contributed by atoms with Gasteiger partial charge >= 0.3 is 12.4 Å². The number of carbonyl (C=O) groups is 1. The van der Waals surface area contributed by atoms with Crippen LogP contribution in [0.5, 0.6) is 0 Å². The lowest BCUT2D eigenvalue weighted by Crippen LogP contribution is -2.42. The van der Waals surface area contributed by atoms with Gasteiger partial charge in [0.15, 0.2) is 9.84 Å². The first-order valence-electron chi connectivity index (χ1n) is 10.1. The quantitative estimate of drug-likeness (QED) is 0.500. The van der Waals surface area contributed by atoms with E-state index in [9.17, 15) is 43.9 Å². The predicted molar refractivity (Wildman–Crippen MR) is 108 cm³/mol. The number of nitrogens with zero attached hydrogens (tertiary/aromatic N) is 2. The Morgan fingerprint density at radius 2 is 1.66 bits per heavy atom. The van der Waals surface area contributed by atoms with Gasteiger partial charge in [0.05, 0.1) is 21.3 Å². The van der Waals surface area contributed by atoms with Crippen LogP contribution in [0, 0.1) is 11.7 Å². The first-order valence-corrected chi connectivity index (χ1v) is 11.6. The van der Waals surface area contributed by atoms with Crippen molar-refractivity contribution in [3.8, 4) is 0 Å². The van der Waals surface area contributed by atoms with E-state index >= 15 is 0 Å². The summed E-state index contributed by atoms with van der Waals surface area (Å²) in [4.78, 5) is 15.5. The zero-order valence-electron chi connectivity index (χ0n) is 17.5. The van der Waals surface area contributed by atoms with E-state index in [0.29, 0.717) is 12.1 Å². The Labute approximate surface area is 193 Å². The van der Waals surface area contributed by atoms with Crippen molar-refractivity contribution in [3.63, 3.8) is 0 Å². The third kappa shape index (κ3) is 5.11. The Hall–Kier alpha value is -3.16. The van der Waals surface area contributed by atoms with E-state index in [0.717, 1.165) is 28.9 Å². The molecule has 0 atom stereocenters. The smallest absolute Gasteiger partial charge is 0.350 e. The van der Waals surface area contributed by atoms with Crippen molar-refractivity contribution < 1.29 is 43.9 Å². The summed E-state index contributed by atoms with van der Waals surface area (Å²) in [6, 6.07) is 3.07. The third-order valence-electron chi connectivity index (χ3n) is 5.72. The number of fused-ring (bicyclic) bond motifs is 1. The number of rotatable bonds is 5. The maximum Gasteiger partial charge on any atom is 0.417 e. The number of nitrogens with one attached hydrogen (secondary N) is 1. The average molecular weight is 523 g/mol. The van der Waals surface area contributed by atoms with Gasteiger partial charge in [-0.3, -0.25) is 4.79 Å². The first-order chi connectivity index (χ1) is 16.1. The van der Waals surface area contributed by atoms with Crippen LogP contribution in [-0.4, -0.2) is 35.5 Å². The number of benzene rings is 1. The molecule has 1 fully saturated rings. The molecule has 14 heteroatoms. The second-order valence-corrected chi connectivity index (χ2v) is 10.4. The molecule has 4 rings (SSSR count). The normalized spacial score (nSPS) is 18.9. The van der Waals surface area contributed by atoms with Gasteiger partial charge in [0.25, 0.3) is 5.91 Å². The maximum atomic E-state index is 13.6. The molecule has 2 aromatic heterocycles. The first kappa shape index (κ1) is 24.9. The third-order valence-corrected chi connectivity index (χ3v) is 7.88. The van der Waals surface area contributed by atoms with Gasteiger partial charge in [-0.05, 0) is 49.1 Å². The summed E-state index contributed by atoms with van der Waals surface area (Å²) in [5.74, 6) is -2.33. The molecule has 0 unspecified atom stereocenters. The molecule has 0 radical (unpaired) electrons. The molecule has 1 aliphatic carbocycles. The van der Waals surface area contributed by atoms with E-state index in [4.69, 9.17) is 0 Å². The van der Waals surface area contributed by atoms with Gasteiger partial charge in [-0.1, -0.05) is 0 Å². The number of carbonyl (C=O) groups excluding carboxylic acids is 1. The molecule has 3 aromatic rings. The van der Waals surface area contributed by atoms with Crippen LogP contribution in [0.1, 0.15) is 34.5 Å². The molecule has 1 N–H and O–H groups in total. The molecule has 0 spiro atoms. The van der Waals surface area contributed by atoms with Crippen LogP contribution in [-0.2, 0) is 22.2 Å². The number of hydrogen-bond acceptors (Lipinski definition) is 4. The van der Waals surface area contributed by atoms with E-state index in [-0.39, 0.29) is 42.7 Å². The molecule has 6 nitrogen and oxygen atoms in total. The van der Waals surface area contributed by atoms with E-state index < -0.39 is 55.2 Å². The Balaban J connectivity index is 1.37. The molecule has 1 aliphatic rings. The number of sulfone groups is 1. The zero-order chi connectivity index (χ0) is 25.8. The average Bonchev–Trinajstić information content (AvgIpc) is 3.14. The Bertz CT molecular complexity index is 1390. The summed E-state index contributed by atoms with van der Waals surface area (Å²) < 4.78 is 117. The minimum atomic E-state index is -4.91. The lowest BCUT2D eigenvalue weighted by Gasteiger charge is -2.34. The van der Waals surface area contributed by atoms with Crippen molar-refractivity contribution in [3.05, 3.63) is 65.4 Å². The summed E-state index contributed by atoms with van der Waals surface area (Å²) >= 11 is 0. The van der Waals surface area contributed by atoms with Crippen molar-refractivity contribution in [1.29, 1.82) is 0 Å². The van der Waals surface area contributed by atoms with E-state index in [2.05, 4.69) is 10.3 Å². The molecule has 1 saturated carbocycles. The van der Waals surface area contributed by atoms with Gasteiger partial charge in [0.2, 0.25) is 0 Å². The number of aromatic nitrogens is 2. The molecule has 0 bridgehead atoms. The van der Waals surface area contributed by atoms with Crippen molar-refractivity contribution in [1.82, 2.24) is 14.7 Å². The molecule has 1 amide bonds. The number of imidazole rings is 1. The SMILES string of the molecule is O=C(NC[C@H]1C[C@H](S(=O)(=O)c2cc(F)cc(C(F)(F)F)c2)C1)c1cn2cc(C(F)(F)F)ccc2n1. The fourth-order valence-corrected chi connectivity index (χ4v) is 5.78. The number of amides is 1. The summed E-state index contributed by atoms with van der Waals surface area (Å²) in [5.41, 5.74) is -2.36. The fraction of sp³-hybridized carbons (Fsp3) is 0.333. The van der Waals surface area contributed by atoms with E-state index in [1.807, 2.05) is 0 Å². The van der Waals surface area contributed by atoms with Crippen molar-refractivity contribution in [2.75, 3.05) is 6.54 Å². The molecule has 188 valence electrons. The van der Waals surface area contributed by atoms with Gasteiger partial charge < -0.3 is 9.72 Å². The van der Waals surface area contributed by atoms with Crippen LogP contribution in [0.15, 0.2) is 47.6 Å². The molecule has 2 heterocycles. The lowest BCUT2D eigenvalue weighted by molar-refractivity contribution is -0.138. The molecule has 0 saturated heterocycles. The van der Waals surface area contributed by atoms with E-state index in [1.165, 1.54) is 0 Å². The van der Waals surface area contributed by atoms with Crippen molar-refractivity contribution in [2.45, 2.75) is 35.3 Å². The summed E-state index contributed by atoms with van der Waals surface area (Å²) in [6.07, 6.45) is -7.51. The minimum absolute atomic E-state index is 0.0173. The van der Waals surface area contributed by atoms with Gasteiger partial charge in [-0.25, -0.2) is 17.8 Å². The molecule has 1 aromatic carbocycles. The van der Waals surface area contributed by atoms with Crippen molar-refractivity contribution in [2.24, 2.45) is 5.92 Å². The summed E-state index contributed by atoms with van der Waals surface area (Å²) in [6.45, 7) is 0.0173. The molecular weight excluding hydrogens is 507 g/mol. The van der Waals surface area contributed by atoms with Crippen molar-refractivity contribution >= 4 is 21.4 Å². The van der Waals surface area contributed by atoms with Crippen LogP contribution in [0.2, 0.25) is 0 Å². The van der Waals surface area contributed by atoms with E-state index in [1.54, 1.807) is 0 Å². The Morgan fingerprint density at radius 3 is 2.29 bits per heavy atom. The lowest BCUT2D eigenvalue weighted by atomic mass is 9.85. The van der Waals surface area contributed by atoms with Gasteiger partial charge in [-0.2, -0.15) is 26.3 Å². The monoisotopic (exact) mass is 523 g/mol. The highest BCUT2D eigenvalue weighted by Crippen LogP contribution is 2.38. The fourth-order valence-electron chi connectivity index (χ4n) is 3.77. The molecule has 35 heavy (non-hydrogen) atoms. The largest absolute Gasteiger partial charge is 0.417 e. The Morgan fingerprint density at radius 1 is 1.00 bits per heavy atom. The van der Waals surface area contributed by atoms with Crippen LogP contribution >= 0.6 is 0 Å². The predicted octanol–water partition coefficient (Wildman–Crippen LogP) is 4.49.